The van der Waals surface area contributed by atoms with Crippen molar-refractivity contribution in [2.45, 2.75) is 502 Å². The molecule has 3 N–H and O–H groups in total. The number of amides is 4. The molecule has 4 amide bonds. The third kappa shape index (κ3) is 62.9. The second-order valence-corrected chi connectivity index (χ2v) is 33.1. The molecule has 2 saturated heterocycles. The number of hydrogen-bond donors (Lipinski definition) is 3. The number of hydrogen-bond acceptors (Lipinski definition) is 7. The van der Waals surface area contributed by atoms with Crippen molar-refractivity contribution >= 4 is 23.6 Å². The average Bonchev–Trinajstić information content (AvgIpc) is 1.71. The fourth-order valence-corrected chi connectivity index (χ4v) is 16.5. The Morgan fingerprint density at radius 1 is 0.208 bits per heavy atom. The van der Waals surface area contributed by atoms with Crippen LogP contribution in [-0.2, 0) is 19.2 Å². The summed E-state index contributed by atoms with van der Waals surface area (Å²) in [5.74, 6) is -0.194. The predicted octanol–water partition coefficient (Wildman–Crippen LogP) is 27.4. The van der Waals surface area contributed by atoms with Crippen molar-refractivity contribution in [2.24, 2.45) is 11.8 Å². The van der Waals surface area contributed by atoms with Crippen LogP contribution in [0, 0.1) is 11.8 Å². The predicted molar refractivity (Wildman–Crippen MR) is 441 cm³/mol. The van der Waals surface area contributed by atoms with Gasteiger partial charge in [0.1, 0.15) is 0 Å². The van der Waals surface area contributed by atoms with Gasteiger partial charge in [-0.1, -0.05) is 476 Å². The van der Waals surface area contributed by atoms with Gasteiger partial charge < -0.3 is 16.0 Å². The molecule has 0 spiro atoms. The van der Waals surface area contributed by atoms with Gasteiger partial charge in [-0.25, -0.2) is 0 Å². The first-order valence-electron chi connectivity index (χ1n) is 46.8. The summed E-state index contributed by atoms with van der Waals surface area (Å²) in [4.78, 5) is 54.6. The Balaban J connectivity index is 1.22. The van der Waals surface area contributed by atoms with E-state index < -0.39 is 0 Å². The van der Waals surface area contributed by atoms with Crippen LogP contribution in [0.1, 0.15) is 502 Å². The monoisotopic (exact) mass is 1420 g/mol. The molecule has 0 aromatic carbocycles. The first-order valence-corrected chi connectivity index (χ1v) is 46.8. The van der Waals surface area contributed by atoms with E-state index in [-0.39, 0.29) is 35.5 Å². The van der Waals surface area contributed by atoms with Crippen LogP contribution in [0.3, 0.4) is 0 Å². The summed E-state index contributed by atoms with van der Waals surface area (Å²) in [6.45, 7) is 9.84. The molecule has 0 aromatic rings. The molecular weight excluding hydrogens is 1240 g/mol. The first kappa shape index (κ1) is 95.2. The third-order valence-electron chi connectivity index (χ3n) is 23.5. The average molecular weight is 1420 g/mol. The zero-order valence-electron chi connectivity index (χ0n) is 68.6. The van der Waals surface area contributed by atoms with Crippen molar-refractivity contribution in [3.05, 3.63) is 0 Å². The highest BCUT2D eigenvalue weighted by Gasteiger charge is 2.38. The molecule has 0 bridgehead atoms. The van der Waals surface area contributed by atoms with E-state index >= 15 is 0 Å². The largest absolute Gasteiger partial charge is 0.314 e. The normalized spacial score (nSPS) is 15.0. The highest BCUT2D eigenvalue weighted by Crippen LogP contribution is 2.28. The molecular formula is C92H179N5O4. The van der Waals surface area contributed by atoms with Crippen molar-refractivity contribution in [1.29, 1.82) is 0 Å². The van der Waals surface area contributed by atoms with Gasteiger partial charge in [-0.05, 0) is 12.8 Å². The molecule has 0 aromatic heterocycles. The van der Waals surface area contributed by atoms with E-state index in [0.29, 0.717) is 39.0 Å². The topological polar surface area (TPSA) is 111 Å². The van der Waals surface area contributed by atoms with Crippen molar-refractivity contribution in [2.75, 3.05) is 52.4 Å². The molecule has 2 heterocycles. The van der Waals surface area contributed by atoms with Gasteiger partial charge in [-0.15, -0.1) is 0 Å². The van der Waals surface area contributed by atoms with Gasteiger partial charge in [0, 0.05) is 77.0 Å². The van der Waals surface area contributed by atoms with Crippen LogP contribution in [0.5, 0.6) is 0 Å². The Morgan fingerprint density at radius 3 is 0.505 bits per heavy atom. The second-order valence-electron chi connectivity index (χ2n) is 33.1. The lowest BCUT2D eigenvalue weighted by Crippen LogP contribution is -2.40. The minimum atomic E-state index is -0.125. The van der Waals surface area contributed by atoms with E-state index in [2.05, 4.69) is 29.8 Å². The second kappa shape index (κ2) is 77.8. The van der Waals surface area contributed by atoms with Crippen LogP contribution < -0.4 is 16.0 Å². The van der Waals surface area contributed by atoms with Crippen LogP contribution in [0.4, 0.5) is 0 Å². The maximum Gasteiger partial charge on any atom is 0.232 e. The Labute approximate surface area is 631 Å². The number of imide groups is 2. The van der Waals surface area contributed by atoms with Crippen molar-refractivity contribution in [3.63, 3.8) is 0 Å². The van der Waals surface area contributed by atoms with E-state index in [1.165, 1.54) is 459 Å². The number of nitrogens with zero attached hydrogens (tertiary/aromatic N) is 2. The summed E-state index contributed by atoms with van der Waals surface area (Å²) < 4.78 is 0. The van der Waals surface area contributed by atoms with Gasteiger partial charge in [0.05, 0.1) is 0 Å². The lowest BCUT2D eigenvalue weighted by atomic mass is 9.98. The lowest BCUT2D eigenvalue weighted by molar-refractivity contribution is -0.140. The fraction of sp³-hybridized carbons (Fsp3) is 0.957. The zero-order valence-corrected chi connectivity index (χ0v) is 68.6. The third-order valence-corrected chi connectivity index (χ3v) is 23.5. The smallest absolute Gasteiger partial charge is 0.232 e. The highest BCUT2D eigenvalue weighted by molar-refractivity contribution is 6.04. The molecule has 9 nitrogen and oxygen atoms in total. The Hall–Kier alpha value is -1.84. The number of carbonyl (C=O) groups excluding carboxylic acids is 4. The highest BCUT2D eigenvalue weighted by atomic mass is 16.2. The van der Waals surface area contributed by atoms with Crippen LogP contribution in [0.25, 0.3) is 0 Å². The van der Waals surface area contributed by atoms with Crippen molar-refractivity contribution in [1.82, 2.24) is 25.8 Å². The fourth-order valence-electron chi connectivity index (χ4n) is 16.5. The van der Waals surface area contributed by atoms with Gasteiger partial charge >= 0.3 is 0 Å². The van der Waals surface area contributed by atoms with E-state index in [0.717, 1.165) is 51.9 Å². The Kier molecular flexibility index (Phi) is 73.3. The number of unbranched alkanes of at least 4 members (excludes halogenated alkanes) is 70. The quantitative estimate of drug-likeness (QED) is 0.0411. The number of likely N-dealkylation sites (tertiary alicyclic amines) is 2. The van der Waals surface area contributed by atoms with E-state index in [1.807, 2.05) is 0 Å². The lowest BCUT2D eigenvalue weighted by Gasteiger charge is -2.16. The Morgan fingerprint density at radius 2 is 0.347 bits per heavy atom. The summed E-state index contributed by atoms with van der Waals surface area (Å²) in [5, 5.41) is 10.2. The molecule has 2 fully saturated rings. The maximum atomic E-state index is 13.1. The summed E-state index contributed by atoms with van der Waals surface area (Å²) >= 11 is 0. The number of rotatable bonds is 86. The molecule has 2 aliphatic rings. The molecule has 101 heavy (non-hydrogen) atoms. The zero-order chi connectivity index (χ0) is 72.1. The molecule has 596 valence electrons. The van der Waals surface area contributed by atoms with Gasteiger partial charge in [-0.2, -0.15) is 0 Å². The van der Waals surface area contributed by atoms with Crippen LogP contribution >= 0.6 is 0 Å². The number of carbonyl (C=O) groups is 4. The van der Waals surface area contributed by atoms with Crippen molar-refractivity contribution < 1.29 is 19.2 Å². The van der Waals surface area contributed by atoms with Gasteiger partial charge in [0.25, 0.3) is 0 Å². The summed E-state index contributed by atoms with van der Waals surface area (Å²) in [6, 6.07) is 0. The maximum absolute atomic E-state index is 13.1. The summed E-state index contributed by atoms with van der Waals surface area (Å²) in [6.07, 6.45) is 104. The van der Waals surface area contributed by atoms with Gasteiger partial charge in [0.15, 0.2) is 0 Å². The molecule has 2 aliphatic heterocycles. The van der Waals surface area contributed by atoms with Crippen LogP contribution in [0.15, 0.2) is 0 Å². The Bertz CT molecular complexity index is 1740. The molecule has 0 aliphatic carbocycles. The minimum Gasteiger partial charge on any atom is -0.314 e. The molecule has 2 unspecified atom stereocenters. The molecule has 9 heteroatoms. The summed E-state index contributed by atoms with van der Waals surface area (Å²) in [7, 11) is 0. The number of nitrogens with one attached hydrogen (secondary N) is 3. The van der Waals surface area contributed by atoms with Gasteiger partial charge in [-0.3, -0.25) is 29.0 Å². The molecule has 0 saturated carbocycles. The standard InChI is InChI=1S/C92H179N5O4/c1-3-5-7-9-11-13-15-17-19-21-23-25-27-29-31-33-35-37-39-40-41-42-44-46-48-50-52-54-56-58-60-62-64-66-68-70-72-74-76-88-86-90(99)97(92(88)101)84-82-95-80-78-93-77-79-94-81-83-96-89(98)85-87(91(96)100)75-73-71-69-67-65-63-61-59-57-55-53-51-49-47-45-43-38-36-34-32-30-28-26-24-22-20-18-16-14-12-10-8-6-4-2/h87-88,93-95H,3-86H2,1-2H3. The minimum absolute atomic E-state index is 0.00651. The van der Waals surface area contributed by atoms with Gasteiger partial charge in [0.2, 0.25) is 23.6 Å². The SMILES string of the molecule is CCCCCCCCCCCCCCCCCCCCCCCCCCCCCCCCCCCCCCCCC1CC(=O)N(CCNCCNCCNCCN2C(=O)CC(CCCCCCCCCCCCCCCCCCCCCCCCCCCCCCCCCCCC)C2=O)C1=O. The van der Waals surface area contributed by atoms with E-state index in [1.54, 1.807) is 0 Å². The first-order chi connectivity index (χ1) is 50.0. The molecule has 2 atom stereocenters. The van der Waals surface area contributed by atoms with Crippen LogP contribution in [0.2, 0.25) is 0 Å². The summed E-state index contributed by atoms with van der Waals surface area (Å²) in [5.41, 5.74) is 0. The van der Waals surface area contributed by atoms with Crippen LogP contribution in [-0.4, -0.2) is 85.8 Å². The van der Waals surface area contributed by atoms with E-state index in [9.17, 15) is 19.2 Å². The van der Waals surface area contributed by atoms with Crippen molar-refractivity contribution in [3.8, 4) is 0 Å². The molecule has 2 rings (SSSR count). The molecule has 0 radical (unpaired) electrons. The van der Waals surface area contributed by atoms with E-state index in [4.69, 9.17) is 0 Å².